The first-order valence-corrected chi connectivity index (χ1v) is 4.09. The number of esters is 1. The van der Waals surface area contributed by atoms with Crippen LogP contribution >= 0.6 is 0 Å². The van der Waals surface area contributed by atoms with Crippen LogP contribution in [-0.4, -0.2) is 25.2 Å². The zero-order valence-electron chi connectivity index (χ0n) is 7.52. The molecule has 66 valence electrons. The normalized spacial score (nSPS) is 12.6. The lowest BCUT2D eigenvalue weighted by Gasteiger charge is -2.10. The molecule has 0 aromatic heterocycles. The zero-order valence-corrected chi connectivity index (χ0v) is 7.52. The lowest BCUT2D eigenvalue weighted by molar-refractivity contribution is -0.143. The van der Waals surface area contributed by atoms with Gasteiger partial charge in [0.1, 0.15) is 0 Å². The summed E-state index contributed by atoms with van der Waals surface area (Å²) in [5.74, 6) is -0.124. The van der Waals surface area contributed by atoms with Crippen LogP contribution in [0.4, 0.5) is 0 Å². The molecular formula is C8H17NO2. The summed E-state index contributed by atoms with van der Waals surface area (Å²) in [5, 5.41) is 3.13. The van der Waals surface area contributed by atoms with Crippen LogP contribution in [0.2, 0.25) is 0 Å². The molecule has 1 N–H and O–H groups in total. The molecule has 0 aliphatic heterocycles. The van der Waals surface area contributed by atoms with E-state index in [1.165, 1.54) is 0 Å². The van der Waals surface area contributed by atoms with Gasteiger partial charge in [0.15, 0.2) is 0 Å². The monoisotopic (exact) mass is 159 g/mol. The molecule has 0 spiro atoms. The van der Waals surface area contributed by atoms with Crippen LogP contribution in [0, 0.1) is 0 Å². The molecule has 0 aromatic carbocycles. The number of carbonyl (C=O) groups excluding carboxylic acids is 1. The van der Waals surface area contributed by atoms with Crippen LogP contribution in [0.5, 0.6) is 0 Å². The molecule has 0 unspecified atom stereocenters. The van der Waals surface area contributed by atoms with Crippen molar-refractivity contribution in [3.05, 3.63) is 0 Å². The molecule has 11 heavy (non-hydrogen) atoms. The van der Waals surface area contributed by atoms with Gasteiger partial charge in [0, 0.05) is 6.04 Å². The third-order valence-electron chi connectivity index (χ3n) is 1.33. The quantitative estimate of drug-likeness (QED) is 0.607. The Balaban J connectivity index is 3.40. The van der Waals surface area contributed by atoms with Gasteiger partial charge in [0.25, 0.3) is 0 Å². The average molecular weight is 159 g/mol. The maximum absolute atomic E-state index is 10.9. The molecular weight excluding hydrogens is 142 g/mol. The van der Waals surface area contributed by atoms with Crippen LogP contribution in [0.3, 0.4) is 0 Å². The van der Waals surface area contributed by atoms with Crippen molar-refractivity contribution in [2.45, 2.75) is 33.2 Å². The van der Waals surface area contributed by atoms with E-state index in [1.54, 1.807) is 0 Å². The maximum Gasteiger partial charge on any atom is 0.307 e. The highest BCUT2D eigenvalue weighted by molar-refractivity contribution is 5.69. The molecule has 3 nitrogen and oxygen atoms in total. The summed E-state index contributed by atoms with van der Waals surface area (Å²) in [7, 11) is 0. The number of hydrogen-bond acceptors (Lipinski definition) is 3. The van der Waals surface area contributed by atoms with Crippen molar-refractivity contribution in [2.24, 2.45) is 0 Å². The maximum atomic E-state index is 10.9. The van der Waals surface area contributed by atoms with Crippen molar-refractivity contribution >= 4 is 5.97 Å². The molecule has 1 atom stereocenters. The fourth-order valence-corrected chi connectivity index (χ4v) is 0.891. The summed E-state index contributed by atoms with van der Waals surface area (Å²) in [6.07, 6.45) is 0.460. The highest BCUT2D eigenvalue weighted by atomic mass is 16.5. The van der Waals surface area contributed by atoms with Crippen LogP contribution in [0.15, 0.2) is 0 Å². The minimum Gasteiger partial charge on any atom is -0.466 e. The van der Waals surface area contributed by atoms with Gasteiger partial charge < -0.3 is 10.1 Å². The van der Waals surface area contributed by atoms with E-state index in [-0.39, 0.29) is 12.0 Å². The van der Waals surface area contributed by atoms with Gasteiger partial charge in [-0.3, -0.25) is 4.79 Å². The van der Waals surface area contributed by atoms with Crippen LogP contribution < -0.4 is 5.32 Å². The number of nitrogens with one attached hydrogen (secondary N) is 1. The Kier molecular flexibility index (Phi) is 5.84. The first-order chi connectivity index (χ1) is 5.20. The predicted molar refractivity (Wildman–Crippen MR) is 44.4 cm³/mol. The molecule has 0 aromatic rings. The molecule has 0 radical (unpaired) electrons. The standard InChI is InChI=1S/C8H17NO2/c1-4-9-7(3)6-8(10)11-5-2/h7,9H,4-6H2,1-3H3/t7-/m0/s1. The van der Waals surface area contributed by atoms with Crippen LogP contribution in [0.1, 0.15) is 27.2 Å². The van der Waals surface area contributed by atoms with Gasteiger partial charge in [-0.1, -0.05) is 6.92 Å². The third-order valence-corrected chi connectivity index (χ3v) is 1.33. The highest BCUT2D eigenvalue weighted by Crippen LogP contribution is 1.92. The molecule has 0 bridgehead atoms. The molecule has 0 heterocycles. The highest BCUT2D eigenvalue weighted by Gasteiger charge is 2.07. The lowest BCUT2D eigenvalue weighted by Crippen LogP contribution is -2.28. The van der Waals surface area contributed by atoms with Gasteiger partial charge in [-0.05, 0) is 20.4 Å². The van der Waals surface area contributed by atoms with E-state index >= 15 is 0 Å². The van der Waals surface area contributed by atoms with Crippen molar-refractivity contribution in [3.63, 3.8) is 0 Å². The fourth-order valence-electron chi connectivity index (χ4n) is 0.891. The van der Waals surface area contributed by atoms with Crippen molar-refractivity contribution in [1.82, 2.24) is 5.32 Å². The smallest absolute Gasteiger partial charge is 0.307 e. The SMILES string of the molecule is CCN[C@@H](C)CC(=O)OCC. The second kappa shape index (κ2) is 6.16. The molecule has 3 heteroatoms. The Labute approximate surface area is 68.1 Å². The lowest BCUT2D eigenvalue weighted by atomic mass is 10.2. The summed E-state index contributed by atoms with van der Waals surface area (Å²) in [6.45, 7) is 7.16. The summed E-state index contributed by atoms with van der Waals surface area (Å²) >= 11 is 0. The van der Waals surface area contributed by atoms with Gasteiger partial charge in [-0.2, -0.15) is 0 Å². The van der Waals surface area contributed by atoms with Crippen molar-refractivity contribution in [1.29, 1.82) is 0 Å². The van der Waals surface area contributed by atoms with E-state index in [0.29, 0.717) is 13.0 Å². The van der Waals surface area contributed by atoms with E-state index in [4.69, 9.17) is 4.74 Å². The van der Waals surface area contributed by atoms with Crippen molar-refractivity contribution in [3.8, 4) is 0 Å². The Morgan fingerprint density at radius 3 is 2.64 bits per heavy atom. The van der Waals surface area contributed by atoms with Crippen LogP contribution in [-0.2, 0) is 9.53 Å². The first-order valence-electron chi connectivity index (χ1n) is 4.09. The molecule has 0 saturated carbocycles. The van der Waals surface area contributed by atoms with E-state index in [9.17, 15) is 4.79 Å². The molecule has 0 rings (SSSR count). The summed E-state index contributed by atoms with van der Waals surface area (Å²) < 4.78 is 4.78. The summed E-state index contributed by atoms with van der Waals surface area (Å²) in [6, 6.07) is 0.221. The second-order valence-electron chi connectivity index (χ2n) is 2.47. The Morgan fingerprint density at radius 2 is 2.18 bits per heavy atom. The van der Waals surface area contributed by atoms with Crippen molar-refractivity contribution < 1.29 is 9.53 Å². The number of rotatable bonds is 5. The van der Waals surface area contributed by atoms with Gasteiger partial charge in [0.2, 0.25) is 0 Å². The van der Waals surface area contributed by atoms with Crippen molar-refractivity contribution in [2.75, 3.05) is 13.2 Å². The summed E-state index contributed by atoms with van der Waals surface area (Å²) in [4.78, 5) is 10.9. The first kappa shape index (κ1) is 10.4. The molecule has 0 amide bonds. The number of carbonyl (C=O) groups is 1. The van der Waals surface area contributed by atoms with E-state index in [0.717, 1.165) is 6.54 Å². The van der Waals surface area contributed by atoms with Gasteiger partial charge in [-0.15, -0.1) is 0 Å². The van der Waals surface area contributed by atoms with E-state index < -0.39 is 0 Å². The average Bonchev–Trinajstić information content (AvgIpc) is 1.87. The van der Waals surface area contributed by atoms with Gasteiger partial charge in [0.05, 0.1) is 13.0 Å². The Morgan fingerprint density at radius 1 is 1.55 bits per heavy atom. The minimum absolute atomic E-state index is 0.124. The fraction of sp³-hybridized carbons (Fsp3) is 0.875. The molecule has 0 saturated heterocycles. The Hall–Kier alpha value is -0.570. The number of ether oxygens (including phenoxy) is 1. The Bertz CT molecular complexity index is 115. The summed E-state index contributed by atoms with van der Waals surface area (Å²) in [5.41, 5.74) is 0. The number of hydrogen-bond donors (Lipinski definition) is 1. The topological polar surface area (TPSA) is 38.3 Å². The minimum atomic E-state index is -0.124. The molecule has 0 fully saturated rings. The largest absolute Gasteiger partial charge is 0.466 e. The van der Waals surface area contributed by atoms with Crippen LogP contribution in [0.25, 0.3) is 0 Å². The zero-order chi connectivity index (χ0) is 8.69. The molecule has 0 aliphatic rings. The van der Waals surface area contributed by atoms with E-state index in [2.05, 4.69) is 5.32 Å². The van der Waals surface area contributed by atoms with E-state index in [1.807, 2.05) is 20.8 Å². The molecule has 0 aliphatic carbocycles. The van der Waals surface area contributed by atoms with Gasteiger partial charge in [-0.25, -0.2) is 0 Å². The second-order valence-corrected chi connectivity index (χ2v) is 2.47. The predicted octanol–water partition coefficient (Wildman–Crippen LogP) is 0.938. The third kappa shape index (κ3) is 5.85. The van der Waals surface area contributed by atoms with Gasteiger partial charge >= 0.3 is 5.97 Å².